The highest BCUT2D eigenvalue weighted by Crippen LogP contribution is 2.22. The summed E-state index contributed by atoms with van der Waals surface area (Å²) in [5.74, 6) is -0.766. The van der Waals surface area contributed by atoms with Gasteiger partial charge in [0.15, 0.2) is 11.6 Å². The largest absolute Gasteiger partial charge is 0.494 e. The number of ketones is 2. The van der Waals surface area contributed by atoms with Crippen LogP contribution in [0.5, 0.6) is 23.0 Å². The van der Waals surface area contributed by atoms with E-state index in [9.17, 15) is 19.2 Å². The molecule has 0 saturated carbocycles. The smallest absolute Gasteiger partial charge is 0.343 e. The van der Waals surface area contributed by atoms with E-state index < -0.39 is 17.9 Å². The molecule has 9 heteroatoms. The number of aliphatic hydroxyl groups is 1. The first-order chi connectivity index (χ1) is 22.3. The fourth-order valence-corrected chi connectivity index (χ4v) is 4.32. The van der Waals surface area contributed by atoms with Crippen LogP contribution in [0.4, 0.5) is 0 Å². The zero-order chi connectivity index (χ0) is 33.1. The van der Waals surface area contributed by atoms with Crippen LogP contribution in [0.1, 0.15) is 65.7 Å². The SMILES string of the molecule is C=CC(=O)CC(COc1ccc(C(=O)Oc2ccc(OC(=O)c3ccc(OCCCCCCCCO)cc3)cc2)cc1)C(=O)C=C. The number of carbonyl (C=O) groups excluding carboxylic acids is 4. The molecule has 0 heterocycles. The minimum absolute atomic E-state index is 0.0287. The molecule has 1 N–H and O–H groups in total. The third-order valence-electron chi connectivity index (χ3n) is 6.98. The molecule has 9 nitrogen and oxygen atoms in total. The molecule has 0 aliphatic heterocycles. The quantitative estimate of drug-likeness (QED) is 0.0591. The van der Waals surface area contributed by atoms with Gasteiger partial charge in [-0.2, -0.15) is 0 Å². The lowest BCUT2D eigenvalue weighted by atomic mass is 9.98. The van der Waals surface area contributed by atoms with Crippen LogP contribution >= 0.6 is 0 Å². The number of rotatable bonds is 21. The summed E-state index contributed by atoms with van der Waals surface area (Å²) in [4.78, 5) is 48.9. The Morgan fingerprint density at radius 2 is 1.07 bits per heavy atom. The molecule has 3 aromatic rings. The van der Waals surface area contributed by atoms with Gasteiger partial charge in [0.05, 0.1) is 30.3 Å². The van der Waals surface area contributed by atoms with Crippen molar-refractivity contribution in [2.24, 2.45) is 5.92 Å². The van der Waals surface area contributed by atoms with Gasteiger partial charge in [0.2, 0.25) is 0 Å². The number of allylic oxidation sites excluding steroid dienone is 2. The summed E-state index contributed by atoms with van der Waals surface area (Å²) in [6, 6.07) is 19.0. The van der Waals surface area contributed by atoms with E-state index in [0.29, 0.717) is 23.7 Å². The first-order valence-corrected chi connectivity index (χ1v) is 15.3. The van der Waals surface area contributed by atoms with Crippen molar-refractivity contribution in [3.05, 3.63) is 109 Å². The van der Waals surface area contributed by atoms with E-state index in [1.165, 1.54) is 36.4 Å². The van der Waals surface area contributed by atoms with Gasteiger partial charge in [0.1, 0.15) is 23.0 Å². The second kappa shape index (κ2) is 19.4. The third kappa shape index (κ3) is 12.2. The molecule has 1 unspecified atom stereocenters. The monoisotopic (exact) mass is 628 g/mol. The average molecular weight is 629 g/mol. The van der Waals surface area contributed by atoms with Gasteiger partial charge in [0, 0.05) is 13.0 Å². The lowest BCUT2D eigenvalue weighted by Crippen LogP contribution is -2.23. The van der Waals surface area contributed by atoms with Gasteiger partial charge in [-0.3, -0.25) is 9.59 Å². The normalized spacial score (nSPS) is 11.2. The minimum atomic E-state index is -0.686. The van der Waals surface area contributed by atoms with E-state index in [1.54, 1.807) is 36.4 Å². The highest BCUT2D eigenvalue weighted by molar-refractivity contribution is 5.97. The molecule has 0 radical (unpaired) electrons. The van der Waals surface area contributed by atoms with Crippen LogP contribution in [-0.4, -0.2) is 48.4 Å². The van der Waals surface area contributed by atoms with Crippen LogP contribution in [0.3, 0.4) is 0 Å². The first kappa shape index (κ1) is 35.5. The topological polar surface area (TPSA) is 125 Å². The van der Waals surface area contributed by atoms with E-state index in [1.807, 2.05) is 0 Å². The van der Waals surface area contributed by atoms with Crippen molar-refractivity contribution in [2.75, 3.05) is 19.8 Å². The lowest BCUT2D eigenvalue weighted by molar-refractivity contribution is -0.124. The summed E-state index contributed by atoms with van der Waals surface area (Å²) in [6.07, 6.45) is 8.43. The van der Waals surface area contributed by atoms with Crippen molar-refractivity contribution in [3.8, 4) is 23.0 Å². The van der Waals surface area contributed by atoms with Crippen LogP contribution in [0.25, 0.3) is 0 Å². The molecule has 0 saturated heterocycles. The Labute approximate surface area is 269 Å². The third-order valence-corrected chi connectivity index (χ3v) is 6.98. The molecular formula is C37H40O9. The summed E-state index contributed by atoms with van der Waals surface area (Å²) >= 11 is 0. The fraction of sp³-hybridized carbons (Fsp3) is 0.297. The zero-order valence-electron chi connectivity index (χ0n) is 25.9. The molecule has 0 spiro atoms. The second-order valence-corrected chi connectivity index (χ2v) is 10.5. The number of aliphatic hydroxyl groups excluding tert-OH is 1. The molecule has 0 fully saturated rings. The molecular weight excluding hydrogens is 588 g/mol. The van der Waals surface area contributed by atoms with Crippen molar-refractivity contribution < 1.29 is 43.2 Å². The van der Waals surface area contributed by atoms with Crippen molar-refractivity contribution in [2.45, 2.75) is 44.9 Å². The summed E-state index contributed by atoms with van der Waals surface area (Å²) in [5.41, 5.74) is 0.636. The Morgan fingerprint density at radius 1 is 0.609 bits per heavy atom. The Hall–Kier alpha value is -5.02. The molecule has 0 aromatic heterocycles. The van der Waals surface area contributed by atoms with Crippen LogP contribution in [0.2, 0.25) is 0 Å². The number of carbonyl (C=O) groups is 4. The minimum Gasteiger partial charge on any atom is -0.494 e. The van der Waals surface area contributed by atoms with Gasteiger partial charge in [-0.25, -0.2) is 9.59 Å². The van der Waals surface area contributed by atoms with Gasteiger partial charge in [-0.05, 0) is 97.8 Å². The average Bonchev–Trinajstić information content (AvgIpc) is 3.08. The van der Waals surface area contributed by atoms with Gasteiger partial charge < -0.3 is 24.1 Å². The van der Waals surface area contributed by atoms with E-state index in [4.69, 9.17) is 24.1 Å². The maximum atomic E-state index is 12.6. The second-order valence-electron chi connectivity index (χ2n) is 10.5. The van der Waals surface area contributed by atoms with E-state index in [2.05, 4.69) is 13.2 Å². The number of esters is 2. The molecule has 1 atom stereocenters. The van der Waals surface area contributed by atoms with Gasteiger partial charge in [-0.1, -0.05) is 38.8 Å². The zero-order valence-corrected chi connectivity index (χ0v) is 25.9. The maximum absolute atomic E-state index is 12.6. The molecule has 0 bridgehead atoms. The standard InChI is InChI=1S/C37H40O9/c1-3-30(39)25-29(35(40)4-2)26-44-32-17-13-28(14-18-32)37(42)46-34-21-19-33(20-22-34)45-36(41)27-11-15-31(16-12-27)43-24-10-8-6-5-7-9-23-38/h3-4,11-22,29,38H,1-2,5-10,23-26H2. The number of ether oxygens (including phenoxy) is 4. The Morgan fingerprint density at radius 3 is 1.54 bits per heavy atom. The number of hydrogen-bond acceptors (Lipinski definition) is 9. The highest BCUT2D eigenvalue weighted by Gasteiger charge is 2.20. The van der Waals surface area contributed by atoms with Crippen LogP contribution in [-0.2, 0) is 9.59 Å². The Kier molecular flexibility index (Phi) is 14.9. The van der Waals surface area contributed by atoms with Crippen LogP contribution in [0, 0.1) is 5.92 Å². The van der Waals surface area contributed by atoms with Crippen molar-refractivity contribution in [3.63, 3.8) is 0 Å². The lowest BCUT2D eigenvalue weighted by Gasteiger charge is -2.14. The molecule has 0 aliphatic carbocycles. The van der Waals surface area contributed by atoms with E-state index in [-0.39, 0.29) is 48.3 Å². The Bertz CT molecular complexity index is 1440. The highest BCUT2D eigenvalue weighted by atomic mass is 16.5. The van der Waals surface area contributed by atoms with Crippen molar-refractivity contribution in [1.82, 2.24) is 0 Å². The summed E-state index contributed by atoms with van der Waals surface area (Å²) in [6.45, 7) is 7.70. The molecule has 242 valence electrons. The van der Waals surface area contributed by atoms with Gasteiger partial charge >= 0.3 is 11.9 Å². The molecule has 0 amide bonds. The number of benzene rings is 3. The summed E-state index contributed by atoms with van der Waals surface area (Å²) < 4.78 is 22.3. The first-order valence-electron chi connectivity index (χ1n) is 15.3. The van der Waals surface area contributed by atoms with Gasteiger partial charge in [0.25, 0.3) is 0 Å². The molecule has 0 aliphatic rings. The number of unbranched alkanes of at least 4 members (excludes halogenated alkanes) is 5. The van der Waals surface area contributed by atoms with Gasteiger partial charge in [-0.15, -0.1) is 0 Å². The summed E-state index contributed by atoms with van der Waals surface area (Å²) in [7, 11) is 0. The van der Waals surface area contributed by atoms with Crippen molar-refractivity contribution in [1.29, 1.82) is 0 Å². The van der Waals surface area contributed by atoms with Crippen LogP contribution in [0.15, 0.2) is 98.1 Å². The number of hydrogen-bond donors (Lipinski definition) is 1. The van der Waals surface area contributed by atoms with Crippen molar-refractivity contribution >= 4 is 23.5 Å². The van der Waals surface area contributed by atoms with Crippen LogP contribution < -0.4 is 18.9 Å². The molecule has 3 aromatic carbocycles. The molecule has 46 heavy (non-hydrogen) atoms. The van der Waals surface area contributed by atoms with E-state index in [0.717, 1.165) is 50.7 Å². The Balaban J connectivity index is 1.43. The predicted molar refractivity (Wildman–Crippen MR) is 174 cm³/mol. The fourth-order valence-electron chi connectivity index (χ4n) is 4.32. The van der Waals surface area contributed by atoms with E-state index >= 15 is 0 Å². The predicted octanol–water partition coefficient (Wildman–Crippen LogP) is 6.73. The summed E-state index contributed by atoms with van der Waals surface area (Å²) in [5, 5.41) is 8.81. The maximum Gasteiger partial charge on any atom is 0.343 e. The molecule has 3 rings (SSSR count).